The fraction of sp³-hybridized carbons (Fsp3) is 0.927. The maximum absolute atomic E-state index is 12.4. The number of amides is 1. The third-order valence-electron chi connectivity index (χ3n) is 9.58. The predicted molar refractivity (Wildman–Crippen MR) is 199 cm³/mol. The minimum atomic E-state index is -0.746. The summed E-state index contributed by atoms with van der Waals surface area (Å²) in [7, 11) is 0. The third kappa shape index (κ3) is 33.0. The molecule has 46 heavy (non-hydrogen) atoms. The molecule has 0 saturated heterocycles. The van der Waals surface area contributed by atoms with E-state index in [1.807, 2.05) is 0 Å². The highest BCUT2D eigenvalue weighted by atomic mass is 16.3. The fourth-order valence-electron chi connectivity index (χ4n) is 6.40. The Morgan fingerprint density at radius 2 is 0.870 bits per heavy atom. The SMILES string of the molecule is CCCCCCCCCCCCCC/C=C\CCCCCCCC(O)CC(=O)NC(CO)C(O)CCCCCCCCCCCC. The van der Waals surface area contributed by atoms with E-state index in [4.69, 9.17) is 0 Å². The van der Waals surface area contributed by atoms with E-state index in [1.54, 1.807) is 0 Å². The summed E-state index contributed by atoms with van der Waals surface area (Å²) < 4.78 is 0. The van der Waals surface area contributed by atoms with E-state index in [9.17, 15) is 20.1 Å². The highest BCUT2D eigenvalue weighted by Gasteiger charge is 2.21. The van der Waals surface area contributed by atoms with E-state index >= 15 is 0 Å². The molecule has 4 N–H and O–H groups in total. The van der Waals surface area contributed by atoms with Crippen molar-refractivity contribution in [2.45, 2.75) is 238 Å². The summed E-state index contributed by atoms with van der Waals surface area (Å²) in [5, 5.41) is 33.2. The van der Waals surface area contributed by atoms with Gasteiger partial charge in [0, 0.05) is 0 Å². The van der Waals surface area contributed by atoms with Crippen molar-refractivity contribution < 1.29 is 20.1 Å². The van der Waals surface area contributed by atoms with Crippen molar-refractivity contribution in [3.8, 4) is 0 Å². The van der Waals surface area contributed by atoms with Gasteiger partial charge in [0.1, 0.15) is 0 Å². The number of hydrogen-bond acceptors (Lipinski definition) is 4. The molecule has 0 aromatic carbocycles. The molecular weight excluding hydrogens is 570 g/mol. The number of unbranched alkanes of at least 4 members (excludes halogenated alkanes) is 26. The zero-order chi connectivity index (χ0) is 33.8. The van der Waals surface area contributed by atoms with Crippen LogP contribution in [0.25, 0.3) is 0 Å². The molecule has 0 rings (SSSR count). The van der Waals surface area contributed by atoms with Gasteiger partial charge in [0.25, 0.3) is 0 Å². The Morgan fingerprint density at radius 3 is 1.26 bits per heavy atom. The molecule has 274 valence electrons. The quantitative estimate of drug-likeness (QED) is 0.0397. The Kier molecular flexibility index (Phi) is 36.2. The first-order valence-corrected chi connectivity index (χ1v) is 20.5. The number of aliphatic hydroxyl groups excluding tert-OH is 3. The standard InChI is InChI=1S/C41H81NO4/c1-3-5-7-9-11-13-15-16-17-18-19-20-21-22-23-24-25-26-28-30-32-34-38(44)36-41(46)42-39(37-43)40(45)35-33-31-29-27-14-12-10-8-6-4-2/h22-23,38-40,43-45H,3-21,24-37H2,1-2H3,(H,42,46)/b23-22-. The van der Waals surface area contributed by atoms with Crippen LogP contribution in [0, 0.1) is 0 Å². The van der Waals surface area contributed by atoms with E-state index in [2.05, 4.69) is 31.3 Å². The molecule has 0 fully saturated rings. The van der Waals surface area contributed by atoms with Crippen LogP contribution in [-0.2, 0) is 4.79 Å². The summed E-state index contributed by atoms with van der Waals surface area (Å²) in [6.45, 7) is 4.24. The number of aliphatic hydroxyl groups is 3. The largest absolute Gasteiger partial charge is 0.394 e. The molecular formula is C41H81NO4. The van der Waals surface area contributed by atoms with Crippen LogP contribution in [-0.4, -0.2) is 46.1 Å². The zero-order valence-corrected chi connectivity index (χ0v) is 31.0. The predicted octanol–water partition coefficient (Wildman–Crippen LogP) is 11.3. The first-order chi connectivity index (χ1) is 22.5. The lowest BCUT2D eigenvalue weighted by Crippen LogP contribution is -2.46. The minimum absolute atomic E-state index is 0.0332. The molecule has 5 heteroatoms. The van der Waals surface area contributed by atoms with E-state index < -0.39 is 18.2 Å². The monoisotopic (exact) mass is 652 g/mol. The third-order valence-corrected chi connectivity index (χ3v) is 9.58. The highest BCUT2D eigenvalue weighted by molar-refractivity contribution is 5.76. The van der Waals surface area contributed by atoms with Crippen LogP contribution in [0.2, 0.25) is 0 Å². The molecule has 0 aliphatic carbocycles. The van der Waals surface area contributed by atoms with Crippen molar-refractivity contribution in [1.29, 1.82) is 0 Å². The maximum atomic E-state index is 12.4. The summed E-state index contributed by atoms with van der Waals surface area (Å²) in [5.41, 5.74) is 0. The maximum Gasteiger partial charge on any atom is 0.222 e. The van der Waals surface area contributed by atoms with Crippen LogP contribution in [0.1, 0.15) is 219 Å². The molecule has 0 aromatic rings. The average molecular weight is 652 g/mol. The fourth-order valence-corrected chi connectivity index (χ4v) is 6.40. The lowest BCUT2D eigenvalue weighted by Gasteiger charge is -2.23. The normalized spacial score (nSPS) is 13.8. The summed E-state index contributed by atoms with van der Waals surface area (Å²) in [6.07, 6.45) is 41.8. The second-order valence-corrected chi connectivity index (χ2v) is 14.2. The van der Waals surface area contributed by atoms with Crippen LogP contribution in [0.5, 0.6) is 0 Å². The molecule has 0 aliphatic rings. The van der Waals surface area contributed by atoms with Crippen molar-refractivity contribution in [1.82, 2.24) is 5.32 Å². The van der Waals surface area contributed by atoms with Gasteiger partial charge in [0.05, 0.1) is 31.3 Å². The summed E-state index contributed by atoms with van der Waals surface area (Å²) in [4.78, 5) is 12.4. The van der Waals surface area contributed by atoms with Gasteiger partial charge in [0.15, 0.2) is 0 Å². The molecule has 5 nitrogen and oxygen atoms in total. The van der Waals surface area contributed by atoms with Crippen LogP contribution in [0.3, 0.4) is 0 Å². The van der Waals surface area contributed by atoms with Gasteiger partial charge in [-0.05, 0) is 38.5 Å². The van der Waals surface area contributed by atoms with Crippen LogP contribution in [0.4, 0.5) is 0 Å². The average Bonchev–Trinajstić information content (AvgIpc) is 3.05. The van der Waals surface area contributed by atoms with Crippen LogP contribution >= 0.6 is 0 Å². The van der Waals surface area contributed by atoms with Crippen molar-refractivity contribution in [2.24, 2.45) is 0 Å². The number of allylic oxidation sites excluding steroid dienone is 2. The van der Waals surface area contributed by atoms with Crippen molar-refractivity contribution >= 4 is 5.91 Å². The molecule has 0 saturated carbocycles. The Morgan fingerprint density at radius 1 is 0.522 bits per heavy atom. The first kappa shape index (κ1) is 45.1. The van der Waals surface area contributed by atoms with Crippen LogP contribution < -0.4 is 5.32 Å². The van der Waals surface area contributed by atoms with Gasteiger partial charge in [-0.15, -0.1) is 0 Å². The number of carbonyl (C=O) groups excluding carboxylic acids is 1. The second kappa shape index (κ2) is 36.9. The highest BCUT2D eigenvalue weighted by Crippen LogP contribution is 2.15. The molecule has 3 unspecified atom stereocenters. The smallest absolute Gasteiger partial charge is 0.222 e. The van der Waals surface area contributed by atoms with Gasteiger partial charge < -0.3 is 20.6 Å². The van der Waals surface area contributed by atoms with Crippen LogP contribution in [0.15, 0.2) is 12.2 Å². The molecule has 1 amide bonds. The molecule has 0 aliphatic heterocycles. The number of hydrogen-bond donors (Lipinski definition) is 4. The van der Waals surface area contributed by atoms with E-state index in [0.29, 0.717) is 12.8 Å². The molecule has 3 atom stereocenters. The van der Waals surface area contributed by atoms with E-state index in [1.165, 1.54) is 154 Å². The van der Waals surface area contributed by atoms with Gasteiger partial charge in [-0.1, -0.05) is 187 Å². The number of rotatable bonds is 37. The Balaban J connectivity index is 3.60. The van der Waals surface area contributed by atoms with Crippen molar-refractivity contribution in [3.05, 3.63) is 12.2 Å². The lowest BCUT2D eigenvalue weighted by molar-refractivity contribution is -0.125. The van der Waals surface area contributed by atoms with Crippen molar-refractivity contribution in [2.75, 3.05) is 6.61 Å². The molecule has 0 heterocycles. The van der Waals surface area contributed by atoms with Gasteiger partial charge in [-0.25, -0.2) is 0 Å². The Bertz CT molecular complexity index is 640. The summed E-state index contributed by atoms with van der Waals surface area (Å²) in [6, 6.07) is -0.656. The zero-order valence-electron chi connectivity index (χ0n) is 31.0. The van der Waals surface area contributed by atoms with E-state index in [-0.39, 0.29) is 18.9 Å². The molecule has 0 radical (unpaired) electrons. The first-order valence-electron chi connectivity index (χ1n) is 20.5. The molecule has 0 bridgehead atoms. The molecule has 0 spiro atoms. The Hall–Kier alpha value is -0.910. The second-order valence-electron chi connectivity index (χ2n) is 14.2. The number of carbonyl (C=O) groups is 1. The topological polar surface area (TPSA) is 89.8 Å². The van der Waals surface area contributed by atoms with Gasteiger partial charge in [0.2, 0.25) is 5.91 Å². The van der Waals surface area contributed by atoms with Gasteiger partial charge in [-0.3, -0.25) is 4.79 Å². The summed E-state index contributed by atoms with van der Waals surface area (Å²) in [5.74, 6) is -0.288. The molecule has 0 aromatic heterocycles. The van der Waals surface area contributed by atoms with Crippen molar-refractivity contribution in [3.63, 3.8) is 0 Å². The lowest BCUT2D eigenvalue weighted by atomic mass is 10.0. The number of nitrogens with one attached hydrogen (secondary N) is 1. The van der Waals surface area contributed by atoms with E-state index in [0.717, 1.165) is 32.1 Å². The van der Waals surface area contributed by atoms with Gasteiger partial charge in [-0.2, -0.15) is 0 Å². The Labute approximate surface area is 287 Å². The van der Waals surface area contributed by atoms with Gasteiger partial charge >= 0.3 is 0 Å². The minimum Gasteiger partial charge on any atom is -0.394 e. The summed E-state index contributed by atoms with van der Waals surface area (Å²) >= 11 is 0.